The number of aliphatic hydroxyl groups excluding tert-OH is 1. The Morgan fingerprint density at radius 2 is 1.96 bits per heavy atom. The van der Waals surface area contributed by atoms with E-state index in [0.29, 0.717) is 23.2 Å². The molecule has 0 saturated heterocycles. The molecule has 0 spiro atoms. The normalized spacial score (nSPS) is 21.2. The molecule has 0 fully saturated rings. The van der Waals surface area contributed by atoms with Crippen molar-refractivity contribution in [3.8, 4) is 0 Å². The summed E-state index contributed by atoms with van der Waals surface area (Å²) in [6, 6.07) is 9.02. The Kier molecular flexibility index (Phi) is 4.54. The van der Waals surface area contributed by atoms with Crippen LogP contribution in [-0.4, -0.2) is 27.5 Å². The predicted octanol–water partition coefficient (Wildman–Crippen LogP) is 2.37. The van der Waals surface area contributed by atoms with Crippen molar-refractivity contribution in [2.45, 2.75) is 39.3 Å². The van der Waals surface area contributed by atoms with Crippen molar-refractivity contribution in [2.75, 3.05) is 5.32 Å². The second kappa shape index (κ2) is 6.53. The van der Waals surface area contributed by atoms with Crippen molar-refractivity contribution >= 4 is 17.4 Å². The first kappa shape index (κ1) is 18.1. The van der Waals surface area contributed by atoms with Gasteiger partial charge in [0.2, 0.25) is 5.91 Å². The third kappa shape index (κ3) is 2.86. The van der Waals surface area contributed by atoms with Crippen LogP contribution in [0, 0.1) is 5.41 Å². The van der Waals surface area contributed by atoms with Crippen LogP contribution in [0.4, 0.5) is 5.69 Å². The van der Waals surface area contributed by atoms with Gasteiger partial charge in [0.15, 0.2) is 5.78 Å². The van der Waals surface area contributed by atoms with E-state index in [4.69, 9.17) is 0 Å². The number of amides is 1. The molecule has 136 valence electrons. The minimum absolute atomic E-state index is 0.151. The van der Waals surface area contributed by atoms with Gasteiger partial charge in [0.1, 0.15) is 0 Å². The third-order valence-corrected chi connectivity index (χ3v) is 4.99. The summed E-state index contributed by atoms with van der Waals surface area (Å²) in [4.78, 5) is 36.9. The van der Waals surface area contributed by atoms with Crippen LogP contribution in [-0.2, 0) is 4.79 Å². The summed E-state index contributed by atoms with van der Waals surface area (Å²) in [7, 11) is 0. The number of aliphatic hydroxyl groups is 1. The van der Waals surface area contributed by atoms with Crippen molar-refractivity contribution in [3.63, 3.8) is 0 Å². The van der Waals surface area contributed by atoms with Crippen molar-refractivity contribution in [3.05, 3.63) is 64.1 Å². The number of aromatic nitrogens is 1. The summed E-state index contributed by atoms with van der Waals surface area (Å²) >= 11 is 0. The van der Waals surface area contributed by atoms with E-state index in [1.165, 1.54) is 10.6 Å². The first-order valence-corrected chi connectivity index (χ1v) is 8.61. The molecule has 2 unspecified atom stereocenters. The fourth-order valence-electron chi connectivity index (χ4n) is 3.36. The lowest BCUT2D eigenvalue weighted by Gasteiger charge is -2.41. The molecule has 1 heterocycles. The third-order valence-electron chi connectivity index (χ3n) is 4.99. The highest BCUT2D eigenvalue weighted by Gasteiger charge is 2.48. The van der Waals surface area contributed by atoms with Gasteiger partial charge in [-0.2, -0.15) is 0 Å². The van der Waals surface area contributed by atoms with Gasteiger partial charge in [-0.25, -0.2) is 0 Å². The van der Waals surface area contributed by atoms with Crippen LogP contribution in [0.25, 0.3) is 0 Å². The van der Waals surface area contributed by atoms with Gasteiger partial charge in [0, 0.05) is 29.9 Å². The number of ketones is 1. The molecule has 0 radical (unpaired) electrons. The minimum atomic E-state index is -1.08. The lowest BCUT2D eigenvalue weighted by molar-refractivity contribution is -0.115. The van der Waals surface area contributed by atoms with E-state index < -0.39 is 17.6 Å². The molecule has 2 atom stereocenters. The molecule has 1 aliphatic rings. The predicted molar refractivity (Wildman–Crippen MR) is 98.3 cm³/mol. The summed E-state index contributed by atoms with van der Waals surface area (Å²) in [5.74, 6) is -0.338. The van der Waals surface area contributed by atoms with Crippen molar-refractivity contribution in [1.29, 1.82) is 0 Å². The molecule has 6 heteroatoms. The number of fused-ring (bicyclic) bond motifs is 1. The van der Waals surface area contributed by atoms with E-state index in [0.717, 1.165) is 0 Å². The average molecular weight is 354 g/mol. The van der Waals surface area contributed by atoms with Gasteiger partial charge < -0.3 is 15.0 Å². The fraction of sp³-hybridized carbons (Fsp3) is 0.350. The number of carbonyl (C=O) groups excluding carboxylic acids is 2. The van der Waals surface area contributed by atoms with E-state index in [9.17, 15) is 19.5 Å². The number of nitrogens with zero attached hydrogens (tertiary/aromatic N) is 1. The molecular weight excluding hydrogens is 332 g/mol. The summed E-state index contributed by atoms with van der Waals surface area (Å²) in [5.41, 5.74) is 0.209. The fourth-order valence-corrected chi connectivity index (χ4v) is 3.36. The van der Waals surface area contributed by atoms with Gasteiger partial charge >= 0.3 is 0 Å². The van der Waals surface area contributed by atoms with Crippen LogP contribution in [0.1, 0.15) is 49.2 Å². The van der Waals surface area contributed by atoms with Crippen LogP contribution in [0.15, 0.2) is 47.4 Å². The maximum absolute atomic E-state index is 12.9. The molecule has 1 aromatic carbocycles. The summed E-state index contributed by atoms with van der Waals surface area (Å²) in [6.07, 6.45) is 0.843. The molecule has 2 aromatic rings. The quantitative estimate of drug-likeness (QED) is 0.886. The SMILES string of the molecule is CCC(=O)Nc1ccc2c(c1)C(n1ccccc1=O)C(O)C(C)(C)C2=O. The van der Waals surface area contributed by atoms with Crippen LogP contribution in [0.5, 0.6) is 0 Å². The number of benzene rings is 1. The number of hydrogen-bond donors (Lipinski definition) is 2. The Morgan fingerprint density at radius 1 is 1.23 bits per heavy atom. The Balaban J connectivity index is 2.21. The van der Waals surface area contributed by atoms with Gasteiger partial charge in [0.05, 0.1) is 17.6 Å². The average Bonchev–Trinajstić information content (AvgIpc) is 2.62. The molecule has 0 aliphatic heterocycles. The summed E-state index contributed by atoms with van der Waals surface area (Å²) in [5, 5.41) is 13.7. The number of rotatable bonds is 3. The van der Waals surface area contributed by atoms with Gasteiger partial charge in [-0.1, -0.05) is 13.0 Å². The molecule has 3 rings (SSSR count). The number of nitrogens with one attached hydrogen (secondary N) is 1. The van der Waals surface area contributed by atoms with E-state index >= 15 is 0 Å². The van der Waals surface area contributed by atoms with Gasteiger partial charge in [-0.05, 0) is 43.7 Å². The molecule has 1 amide bonds. The number of anilines is 1. The van der Waals surface area contributed by atoms with Gasteiger partial charge in [0.25, 0.3) is 5.56 Å². The largest absolute Gasteiger partial charge is 0.390 e. The maximum Gasteiger partial charge on any atom is 0.251 e. The Morgan fingerprint density at radius 3 is 2.62 bits per heavy atom. The Bertz CT molecular complexity index is 929. The molecule has 0 bridgehead atoms. The molecule has 1 aliphatic carbocycles. The zero-order valence-corrected chi connectivity index (χ0v) is 15.0. The van der Waals surface area contributed by atoms with Crippen molar-refractivity contribution in [1.82, 2.24) is 4.57 Å². The lowest BCUT2D eigenvalue weighted by atomic mass is 9.68. The number of carbonyl (C=O) groups is 2. The molecule has 2 N–H and O–H groups in total. The lowest BCUT2D eigenvalue weighted by Crippen LogP contribution is -2.49. The highest BCUT2D eigenvalue weighted by Crippen LogP contribution is 2.43. The molecule has 6 nitrogen and oxygen atoms in total. The van der Waals surface area contributed by atoms with Crippen LogP contribution in [0.3, 0.4) is 0 Å². The van der Waals surface area contributed by atoms with Crippen LogP contribution < -0.4 is 10.9 Å². The molecule has 26 heavy (non-hydrogen) atoms. The monoisotopic (exact) mass is 354 g/mol. The smallest absolute Gasteiger partial charge is 0.251 e. The van der Waals surface area contributed by atoms with Crippen molar-refractivity contribution < 1.29 is 14.7 Å². The van der Waals surface area contributed by atoms with E-state index in [1.54, 1.807) is 57.3 Å². The van der Waals surface area contributed by atoms with E-state index in [-0.39, 0.29) is 17.2 Å². The standard InChI is InChI=1S/C20H22N2O4/c1-4-15(23)21-12-8-9-13-14(11-12)17(19(26)20(2,3)18(13)25)22-10-6-5-7-16(22)24/h5-11,17,19,26H,4H2,1-3H3,(H,21,23). The van der Waals surface area contributed by atoms with Crippen molar-refractivity contribution in [2.24, 2.45) is 5.41 Å². The number of Topliss-reactive ketones (excluding diaryl/α,β-unsaturated/α-hetero) is 1. The van der Waals surface area contributed by atoms with Crippen LogP contribution >= 0.6 is 0 Å². The zero-order valence-electron chi connectivity index (χ0n) is 15.0. The molecular formula is C20H22N2O4. The molecule has 1 aromatic heterocycles. The topological polar surface area (TPSA) is 88.4 Å². The number of pyridine rings is 1. The number of hydrogen-bond acceptors (Lipinski definition) is 4. The summed E-state index contributed by atoms with van der Waals surface area (Å²) in [6.45, 7) is 5.10. The van der Waals surface area contributed by atoms with Gasteiger partial charge in [-0.3, -0.25) is 14.4 Å². The second-order valence-electron chi connectivity index (χ2n) is 7.09. The van der Waals surface area contributed by atoms with E-state index in [2.05, 4.69) is 5.32 Å². The first-order valence-electron chi connectivity index (χ1n) is 8.61. The highest BCUT2D eigenvalue weighted by atomic mass is 16.3. The second-order valence-corrected chi connectivity index (χ2v) is 7.09. The molecule has 0 saturated carbocycles. The Labute approximate surface area is 151 Å². The maximum atomic E-state index is 12.9. The Hall–Kier alpha value is -2.73. The minimum Gasteiger partial charge on any atom is -0.390 e. The van der Waals surface area contributed by atoms with Crippen LogP contribution in [0.2, 0.25) is 0 Å². The highest BCUT2D eigenvalue weighted by molar-refractivity contribution is 6.04. The van der Waals surface area contributed by atoms with Gasteiger partial charge in [-0.15, -0.1) is 0 Å². The summed E-state index contributed by atoms with van der Waals surface area (Å²) < 4.78 is 1.43. The zero-order chi connectivity index (χ0) is 19.1. The van der Waals surface area contributed by atoms with E-state index in [1.807, 2.05) is 0 Å². The first-order chi connectivity index (χ1) is 12.3.